The van der Waals surface area contributed by atoms with E-state index in [1.54, 1.807) is 0 Å². The summed E-state index contributed by atoms with van der Waals surface area (Å²) in [7, 11) is 1.34. The molecule has 2 rings (SSSR count). The zero-order valence-electron chi connectivity index (χ0n) is 11.0. The van der Waals surface area contributed by atoms with Gasteiger partial charge in [-0.05, 0) is 0 Å². The summed E-state index contributed by atoms with van der Waals surface area (Å²) in [6, 6.07) is 0.468. The minimum Gasteiger partial charge on any atom is -0.481 e. The van der Waals surface area contributed by atoms with Crippen molar-refractivity contribution in [3.05, 3.63) is 33.9 Å². The van der Waals surface area contributed by atoms with Gasteiger partial charge in [-0.2, -0.15) is 4.39 Å². The Morgan fingerprint density at radius 3 is 2.71 bits per heavy atom. The van der Waals surface area contributed by atoms with Crippen LogP contribution in [0.2, 0.25) is 0 Å². The van der Waals surface area contributed by atoms with Crippen LogP contribution in [-0.2, 0) is 9.53 Å². The first-order chi connectivity index (χ1) is 9.82. The van der Waals surface area contributed by atoms with Gasteiger partial charge in [0.15, 0.2) is 0 Å². The predicted molar refractivity (Wildman–Crippen MR) is 67.1 cm³/mol. The summed E-state index contributed by atoms with van der Waals surface area (Å²) in [6.07, 6.45) is 0. The molecule has 0 radical (unpaired) electrons. The Morgan fingerprint density at radius 2 is 2.14 bits per heavy atom. The Balaban J connectivity index is 2.45. The average Bonchev–Trinajstić information content (AvgIpc) is 2.85. The van der Waals surface area contributed by atoms with Gasteiger partial charge in [-0.15, -0.1) is 0 Å². The molecule has 9 heteroatoms. The lowest BCUT2D eigenvalue weighted by atomic mass is 10.0. The van der Waals surface area contributed by atoms with Crippen molar-refractivity contribution in [1.29, 1.82) is 0 Å². The zero-order chi connectivity index (χ0) is 15.7. The van der Waals surface area contributed by atoms with Crippen molar-refractivity contribution in [1.82, 2.24) is 0 Å². The van der Waals surface area contributed by atoms with Crippen LogP contribution < -0.4 is 4.90 Å². The molecule has 0 aliphatic carbocycles. The van der Waals surface area contributed by atoms with E-state index in [1.165, 1.54) is 11.9 Å². The maximum Gasteiger partial charge on any atom is 0.328 e. The van der Waals surface area contributed by atoms with Crippen LogP contribution in [0.15, 0.2) is 12.1 Å². The smallest absolute Gasteiger partial charge is 0.328 e. The maximum atomic E-state index is 13.6. The van der Waals surface area contributed by atoms with Gasteiger partial charge in [-0.3, -0.25) is 14.9 Å². The van der Waals surface area contributed by atoms with Crippen LogP contribution in [0.25, 0.3) is 0 Å². The number of nitro groups is 1. The van der Waals surface area contributed by atoms with Crippen LogP contribution >= 0.6 is 0 Å². The van der Waals surface area contributed by atoms with Crippen molar-refractivity contribution in [2.75, 3.05) is 25.2 Å². The van der Waals surface area contributed by atoms with Gasteiger partial charge in [0, 0.05) is 19.2 Å². The molecule has 0 amide bonds. The molecule has 0 spiro atoms. The van der Waals surface area contributed by atoms with Crippen molar-refractivity contribution in [2.24, 2.45) is 5.92 Å². The number of carbonyl (C=O) groups is 1. The second-order valence-corrected chi connectivity index (χ2v) is 4.67. The third kappa shape index (κ3) is 2.77. The van der Waals surface area contributed by atoms with E-state index in [2.05, 4.69) is 0 Å². The Kier molecular flexibility index (Phi) is 4.03. The lowest BCUT2D eigenvalue weighted by Crippen LogP contribution is -2.41. The van der Waals surface area contributed by atoms with Crippen molar-refractivity contribution >= 4 is 17.3 Å². The van der Waals surface area contributed by atoms with Gasteiger partial charge in [0.25, 0.3) is 0 Å². The summed E-state index contributed by atoms with van der Waals surface area (Å²) < 4.78 is 32.0. The highest BCUT2D eigenvalue weighted by Crippen LogP contribution is 2.34. The van der Waals surface area contributed by atoms with Crippen LogP contribution in [-0.4, -0.2) is 42.3 Å². The number of nitrogens with zero attached hydrogens (tertiary/aromatic N) is 2. The Labute approximate surface area is 117 Å². The van der Waals surface area contributed by atoms with Gasteiger partial charge in [-0.1, -0.05) is 0 Å². The topological polar surface area (TPSA) is 92.9 Å². The molecular formula is C12H12F2N2O5. The van der Waals surface area contributed by atoms with Crippen molar-refractivity contribution in [3.8, 4) is 0 Å². The molecule has 1 saturated heterocycles. The number of rotatable bonds is 4. The molecular weight excluding hydrogens is 290 g/mol. The number of halogens is 2. The van der Waals surface area contributed by atoms with Crippen molar-refractivity contribution in [3.63, 3.8) is 0 Å². The molecule has 2 atom stereocenters. The normalized spacial score (nSPS) is 21.3. The van der Waals surface area contributed by atoms with Crippen LogP contribution in [0.5, 0.6) is 0 Å². The molecule has 2 unspecified atom stereocenters. The van der Waals surface area contributed by atoms with E-state index >= 15 is 0 Å². The molecule has 1 aliphatic rings. The summed E-state index contributed by atoms with van der Waals surface area (Å²) in [6.45, 7) is -0.0569. The molecule has 0 aromatic heterocycles. The fraction of sp³-hybridized carbons (Fsp3) is 0.417. The molecule has 114 valence electrons. The molecule has 0 bridgehead atoms. The molecule has 1 aromatic carbocycles. The Bertz CT molecular complexity index is 595. The van der Waals surface area contributed by atoms with E-state index < -0.39 is 40.2 Å². The second kappa shape index (κ2) is 5.60. The summed E-state index contributed by atoms with van der Waals surface area (Å²) >= 11 is 0. The Morgan fingerprint density at radius 1 is 1.48 bits per heavy atom. The third-order valence-electron chi connectivity index (χ3n) is 3.44. The van der Waals surface area contributed by atoms with Gasteiger partial charge in [-0.25, -0.2) is 4.39 Å². The highest BCUT2D eigenvalue weighted by molar-refractivity contribution is 5.73. The first-order valence-electron chi connectivity index (χ1n) is 5.99. The zero-order valence-corrected chi connectivity index (χ0v) is 11.0. The van der Waals surface area contributed by atoms with E-state index in [1.807, 2.05) is 0 Å². The van der Waals surface area contributed by atoms with Gasteiger partial charge < -0.3 is 14.7 Å². The molecule has 1 aliphatic heterocycles. The maximum absolute atomic E-state index is 13.6. The summed E-state index contributed by atoms with van der Waals surface area (Å²) in [5.41, 5.74) is -1.21. The SMILES string of the molecule is CN(c1cc(F)cc(F)c1[N+](=O)[O-])C1COCC1C(=O)O. The molecule has 21 heavy (non-hydrogen) atoms. The summed E-state index contributed by atoms with van der Waals surface area (Å²) in [4.78, 5) is 22.3. The van der Waals surface area contributed by atoms with Crippen LogP contribution in [0.1, 0.15) is 0 Å². The number of carboxylic acids is 1. The monoisotopic (exact) mass is 302 g/mol. The third-order valence-corrected chi connectivity index (χ3v) is 3.44. The standard InChI is InChI=1S/C12H12F2N2O5/c1-15(10-5-21-4-7(10)12(17)18)9-3-6(13)2-8(14)11(9)16(19)20/h2-3,7,10H,4-5H2,1H3,(H,17,18). The number of aliphatic carboxylic acids is 1. The van der Waals surface area contributed by atoms with Crippen LogP contribution in [0.4, 0.5) is 20.2 Å². The largest absolute Gasteiger partial charge is 0.481 e. The number of carboxylic acid groups (broad SMARTS) is 1. The average molecular weight is 302 g/mol. The van der Waals surface area contributed by atoms with E-state index in [4.69, 9.17) is 9.84 Å². The van der Waals surface area contributed by atoms with E-state index in [9.17, 15) is 23.7 Å². The fourth-order valence-electron chi connectivity index (χ4n) is 2.34. The number of benzene rings is 1. The minimum atomic E-state index is -1.31. The van der Waals surface area contributed by atoms with Gasteiger partial charge in [0.05, 0.1) is 24.2 Å². The summed E-state index contributed by atoms with van der Waals surface area (Å²) in [5, 5.41) is 20.0. The predicted octanol–water partition coefficient (Wildman–Crippen LogP) is 1.41. The molecule has 0 saturated carbocycles. The second-order valence-electron chi connectivity index (χ2n) is 4.67. The number of ether oxygens (including phenoxy) is 1. The fourth-order valence-corrected chi connectivity index (χ4v) is 2.34. The van der Waals surface area contributed by atoms with Gasteiger partial charge >= 0.3 is 11.7 Å². The molecule has 1 N–H and O–H groups in total. The first-order valence-corrected chi connectivity index (χ1v) is 5.99. The highest BCUT2D eigenvalue weighted by atomic mass is 19.1. The van der Waals surface area contributed by atoms with E-state index in [-0.39, 0.29) is 18.9 Å². The van der Waals surface area contributed by atoms with E-state index in [0.29, 0.717) is 6.07 Å². The Hall–Kier alpha value is -2.29. The van der Waals surface area contributed by atoms with Gasteiger partial charge in [0.1, 0.15) is 17.4 Å². The van der Waals surface area contributed by atoms with Crippen molar-refractivity contribution < 1.29 is 28.3 Å². The lowest BCUT2D eigenvalue weighted by molar-refractivity contribution is -0.386. The van der Waals surface area contributed by atoms with Crippen LogP contribution in [0.3, 0.4) is 0 Å². The summed E-state index contributed by atoms with van der Waals surface area (Å²) in [5.74, 6) is -4.36. The first kappa shape index (κ1) is 15.1. The molecule has 7 nitrogen and oxygen atoms in total. The van der Waals surface area contributed by atoms with E-state index in [0.717, 1.165) is 6.07 Å². The number of likely N-dealkylation sites (N-methyl/N-ethyl adjacent to an activating group) is 1. The molecule has 1 fully saturated rings. The molecule has 1 heterocycles. The van der Waals surface area contributed by atoms with Crippen LogP contribution in [0, 0.1) is 27.7 Å². The quantitative estimate of drug-likeness (QED) is 0.667. The van der Waals surface area contributed by atoms with Gasteiger partial charge in [0.2, 0.25) is 5.82 Å². The number of hydrogen-bond donors (Lipinski definition) is 1. The lowest BCUT2D eigenvalue weighted by Gasteiger charge is -2.28. The number of anilines is 1. The minimum absolute atomic E-state index is 0.00273. The highest BCUT2D eigenvalue weighted by Gasteiger charge is 2.39. The van der Waals surface area contributed by atoms with Crippen molar-refractivity contribution in [2.45, 2.75) is 6.04 Å². The molecule has 1 aromatic rings. The number of hydrogen-bond acceptors (Lipinski definition) is 5. The number of nitro benzene ring substituents is 1.